The first-order chi connectivity index (χ1) is 10.7. The zero-order chi connectivity index (χ0) is 15.5. The summed E-state index contributed by atoms with van der Waals surface area (Å²) in [5.41, 5.74) is 3.62. The average molecular weight is 305 g/mol. The maximum atomic E-state index is 12.4. The summed E-state index contributed by atoms with van der Waals surface area (Å²) >= 11 is 0. The van der Waals surface area contributed by atoms with Gasteiger partial charge in [0.1, 0.15) is 0 Å². The van der Waals surface area contributed by atoms with E-state index in [1.807, 2.05) is 7.05 Å². The number of carbonyl (C=O) groups is 1. The molecule has 2 amide bonds. The number of H-pyrrole nitrogens is 1. The van der Waals surface area contributed by atoms with Crippen LogP contribution in [0.15, 0.2) is 0 Å². The van der Waals surface area contributed by atoms with Gasteiger partial charge in [0.2, 0.25) is 0 Å². The van der Waals surface area contributed by atoms with Crippen molar-refractivity contribution in [1.82, 2.24) is 25.3 Å². The predicted octanol–water partition coefficient (Wildman–Crippen LogP) is 1.52. The molecule has 1 saturated heterocycles. The van der Waals surface area contributed by atoms with Crippen LogP contribution in [-0.2, 0) is 19.4 Å². The average Bonchev–Trinajstić information content (AvgIpc) is 3.12. The predicted molar refractivity (Wildman–Crippen MR) is 85.7 cm³/mol. The van der Waals surface area contributed by atoms with Crippen LogP contribution in [0.4, 0.5) is 4.79 Å². The monoisotopic (exact) mass is 305 g/mol. The fourth-order valence-electron chi connectivity index (χ4n) is 3.56. The molecule has 1 fully saturated rings. The van der Waals surface area contributed by atoms with Gasteiger partial charge in [-0.15, -0.1) is 0 Å². The van der Waals surface area contributed by atoms with Gasteiger partial charge in [-0.05, 0) is 50.8 Å². The highest BCUT2D eigenvalue weighted by Crippen LogP contribution is 2.23. The molecule has 2 N–H and O–H groups in total. The Labute approximate surface area is 132 Å². The maximum Gasteiger partial charge on any atom is 0.317 e. The molecule has 1 atom stereocenters. The number of nitrogens with zero attached hydrogens (tertiary/aromatic N) is 3. The Hall–Kier alpha value is -1.56. The van der Waals surface area contributed by atoms with Crippen molar-refractivity contribution in [3.8, 4) is 0 Å². The molecule has 1 aliphatic carbocycles. The molecule has 0 bridgehead atoms. The molecule has 2 aliphatic rings. The Morgan fingerprint density at radius 2 is 2.32 bits per heavy atom. The summed E-state index contributed by atoms with van der Waals surface area (Å²) < 4.78 is 0. The lowest BCUT2D eigenvalue weighted by Gasteiger charge is -2.33. The summed E-state index contributed by atoms with van der Waals surface area (Å²) in [5, 5.41) is 10.7. The van der Waals surface area contributed by atoms with Crippen LogP contribution in [0.3, 0.4) is 0 Å². The van der Waals surface area contributed by atoms with E-state index in [0.717, 1.165) is 51.0 Å². The van der Waals surface area contributed by atoms with E-state index in [2.05, 4.69) is 27.3 Å². The molecule has 0 spiro atoms. The second-order valence-corrected chi connectivity index (χ2v) is 6.52. The van der Waals surface area contributed by atoms with Crippen molar-refractivity contribution in [3.63, 3.8) is 0 Å². The standard InChI is InChI=1S/C16H27N5O/c1-3-21-9-5-6-12(10-21)17-16(22)20(2)11-15-13-7-4-8-14(13)18-19-15/h12H,3-11H2,1-2H3,(H,17,22)(H,18,19). The van der Waals surface area contributed by atoms with Crippen molar-refractivity contribution in [2.75, 3.05) is 26.7 Å². The number of likely N-dealkylation sites (tertiary alicyclic amines) is 1. The van der Waals surface area contributed by atoms with Crippen molar-refractivity contribution in [2.45, 2.75) is 51.6 Å². The van der Waals surface area contributed by atoms with E-state index in [0.29, 0.717) is 6.54 Å². The van der Waals surface area contributed by atoms with Crippen LogP contribution in [-0.4, -0.2) is 58.8 Å². The summed E-state index contributed by atoms with van der Waals surface area (Å²) in [4.78, 5) is 16.5. The van der Waals surface area contributed by atoms with Crippen LogP contribution >= 0.6 is 0 Å². The van der Waals surface area contributed by atoms with Crippen LogP contribution in [0.5, 0.6) is 0 Å². The van der Waals surface area contributed by atoms with Crippen molar-refractivity contribution in [1.29, 1.82) is 0 Å². The van der Waals surface area contributed by atoms with E-state index in [-0.39, 0.29) is 12.1 Å². The third-order valence-electron chi connectivity index (χ3n) is 4.91. The van der Waals surface area contributed by atoms with E-state index >= 15 is 0 Å². The zero-order valence-corrected chi connectivity index (χ0v) is 13.7. The number of likely N-dealkylation sites (N-methyl/N-ethyl adjacent to an activating group) is 1. The van der Waals surface area contributed by atoms with Crippen LogP contribution in [0, 0.1) is 0 Å². The Balaban J connectivity index is 1.53. The van der Waals surface area contributed by atoms with Crippen molar-refractivity contribution in [3.05, 3.63) is 17.0 Å². The Morgan fingerprint density at radius 1 is 1.45 bits per heavy atom. The molecule has 2 heterocycles. The first kappa shape index (κ1) is 15.3. The van der Waals surface area contributed by atoms with E-state index in [9.17, 15) is 4.79 Å². The molecule has 0 aromatic carbocycles. The fourth-order valence-corrected chi connectivity index (χ4v) is 3.56. The Bertz CT molecular complexity index is 527. The first-order valence-electron chi connectivity index (χ1n) is 8.46. The Kier molecular flexibility index (Phi) is 4.66. The maximum absolute atomic E-state index is 12.4. The third kappa shape index (κ3) is 3.27. The fraction of sp³-hybridized carbons (Fsp3) is 0.750. The van der Waals surface area contributed by atoms with Gasteiger partial charge < -0.3 is 15.1 Å². The summed E-state index contributed by atoms with van der Waals surface area (Å²) in [6, 6.07) is 0.284. The molecule has 3 rings (SSSR count). The van der Waals surface area contributed by atoms with Gasteiger partial charge in [-0.3, -0.25) is 5.10 Å². The van der Waals surface area contributed by atoms with E-state index < -0.39 is 0 Å². The first-order valence-corrected chi connectivity index (χ1v) is 8.46. The van der Waals surface area contributed by atoms with E-state index in [4.69, 9.17) is 0 Å². The normalized spacial score (nSPS) is 21.6. The van der Waals surface area contributed by atoms with Crippen LogP contribution in [0.1, 0.15) is 43.1 Å². The van der Waals surface area contributed by atoms with Gasteiger partial charge in [-0.2, -0.15) is 5.10 Å². The molecule has 1 aromatic rings. The number of aromatic amines is 1. The summed E-state index contributed by atoms with van der Waals surface area (Å²) in [5.74, 6) is 0. The minimum absolute atomic E-state index is 0.0118. The molecule has 1 unspecified atom stereocenters. The van der Waals surface area contributed by atoms with E-state index in [1.165, 1.54) is 17.7 Å². The molecule has 6 nitrogen and oxygen atoms in total. The number of fused-ring (bicyclic) bond motifs is 1. The van der Waals surface area contributed by atoms with Gasteiger partial charge in [0, 0.05) is 25.3 Å². The molecular formula is C16H27N5O. The van der Waals surface area contributed by atoms with E-state index in [1.54, 1.807) is 4.90 Å². The molecule has 0 radical (unpaired) electrons. The summed E-state index contributed by atoms with van der Waals surface area (Å²) in [6.45, 7) is 5.93. The minimum Gasteiger partial charge on any atom is -0.334 e. The van der Waals surface area contributed by atoms with Gasteiger partial charge >= 0.3 is 6.03 Å². The quantitative estimate of drug-likeness (QED) is 0.886. The highest BCUT2D eigenvalue weighted by Gasteiger charge is 2.24. The van der Waals surface area contributed by atoms with Gasteiger partial charge in [-0.25, -0.2) is 4.79 Å². The van der Waals surface area contributed by atoms with Crippen LogP contribution in [0.2, 0.25) is 0 Å². The topological polar surface area (TPSA) is 64.3 Å². The lowest BCUT2D eigenvalue weighted by atomic mass is 10.1. The molecule has 122 valence electrons. The lowest BCUT2D eigenvalue weighted by Crippen LogP contribution is -2.50. The van der Waals surface area contributed by atoms with Gasteiger partial charge in [0.15, 0.2) is 0 Å². The SMILES string of the molecule is CCN1CCCC(NC(=O)N(C)Cc2n[nH]c3c2CCC3)C1. The summed E-state index contributed by atoms with van der Waals surface area (Å²) in [6.07, 6.45) is 5.61. The number of carbonyl (C=O) groups excluding carboxylic acids is 1. The molecule has 22 heavy (non-hydrogen) atoms. The van der Waals surface area contributed by atoms with Gasteiger partial charge in [-0.1, -0.05) is 6.92 Å². The molecule has 0 saturated carbocycles. The second-order valence-electron chi connectivity index (χ2n) is 6.52. The number of urea groups is 1. The zero-order valence-electron chi connectivity index (χ0n) is 13.7. The smallest absolute Gasteiger partial charge is 0.317 e. The number of aromatic nitrogens is 2. The molecular weight excluding hydrogens is 278 g/mol. The number of hydrogen-bond acceptors (Lipinski definition) is 3. The van der Waals surface area contributed by atoms with Crippen LogP contribution in [0.25, 0.3) is 0 Å². The van der Waals surface area contributed by atoms with Gasteiger partial charge in [0.05, 0.1) is 12.2 Å². The van der Waals surface area contributed by atoms with Gasteiger partial charge in [0.25, 0.3) is 0 Å². The molecule has 1 aromatic heterocycles. The Morgan fingerprint density at radius 3 is 3.14 bits per heavy atom. The van der Waals surface area contributed by atoms with Crippen molar-refractivity contribution < 1.29 is 4.79 Å². The number of amides is 2. The second kappa shape index (κ2) is 6.69. The van der Waals surface area contributed by atoms with Crippen molar-refractivity contribution in [2.24, 2.45) is 0 Å². The largest absolute Gasteiger partial charge is 0.334 e. The molecule has 6 heteroatoms. The van der Waals surface area contributed by atoms with Crippen molar-refractivity contribution >= 4 is 6.03 Å². The number of aryl methyl sites for hydroxylation is 1. The third-order valence-corrected chi connectivity index (χ3v) is 4.91. The van der Waals surface area contributed by atoms with Crippen LogP contribution < -0.4 is 5.32 Å². The highest BCUT2D eigenvalue weighted by atomic mass is 16.2. The lowest BCUT2D eigenvalue weighted by molar-refractivity contribution is 0.175. The molecule has 1 aliphatic heterocycles. The highest BCUT2D eigenvalue weighted by molar-refractivity contribution is 5.74. The number of nitrogens with one attached hydrogen (secondary N) is 2. The minimum atomic E-state index is 0.0118. The number of rotatable bonds is 4. The number of hydrogen-bond donors (Lipinski definition) is 2. The number of piperidine rings is 1. The summed E-state index contributed by atoms with van der Waals surface area (Å²) in [7, 11) is 1.85.